The van der Waals surface area contributed by atoms with Gasteiger partial charge in [-0.25, -0.2) is 14.4 Å². The molecule has 0 aromatic heterocycles. The minimum atomic E-state index is -1.29. The number of anilines is 1. The van der Waals surface area contributed by atoms with Crippen molar-refractivity contribution < 1.29 is 29.3 Å². The minimum absolute atomic E-state index is 0.0915. The normalized spacial score (nSPS) is 11.3. The summed E-state index contributed by atoms with van der Waals surface area (Å²) < 4.78 is 4.93. The van der Waals surface area contributed by atoms with Gasteiger partial charge in [-0.2, -0.15) is 15.5 Å². The standard InChI is InChI=1S/C23H20N4O6/c1-27(12-13-33-22(30)11-10-21(28)29)20-8-6-19(7-9-20)26-25-18-4-2-16(3-5-18)14-17(15-24)23(31)32/h2-11,14H,12-13H2,1H3,(H,28,29)(H,31,32). The van der Waals surface area contributed by atoms with Gasteiger partial charge in [-0.15, -0.1) is 0 Å². The first kappa shape index (κ1) is 24.5. The molecular formula is C23H20N4O6. The molecule has 2 rings (SSSR count). The predicted molar refractivity (Wildman–Crippen MR) is 119 cm³/mol. The Bertz CT molecular complexity index is 1130. The summed E-state index contributed by atoms with van der Waals surface area (Å²) in [6.07, 6.45) is 2.84. The summed E-state index contributed by atoms with van der Waals surface area (Å²) in [6, 6.07) is 15.4. The third-order valence-corrected chi connectivity index (χ3v) is 4.16. The molecule has 0 aliphatic rings. The number of hydrogen-bond donors (Lipinski definition) is 2. The molecule has 0 saturated carbocycles. The Hall–Kier alpha value is -4.78. The van der Waals surface area contributed by atoms with Crippen molar-refractivity contribution in [3.05, 3.63) is 71.8 Å². The largest absolute Gasteiger partial charge is 0.478 e. The molecule has 0 aliphatic carbocycles. The Morgan fingerprint density at radius 3 is 2.09 bits per heavy atom. The number of benzene rings is 2. The zero-order chi connectivity index (χ0) is 24.2. The molecule has 0 amide bonds. The Morgan fingerprint density at radius 2 is 1.58 bits per heavy atom. The summed E-state index contributed by atoms with van der Waals surface area (Å²) >= 11 is 0. The fourth-order valence-corrected chi connectivity index (χ4v) is 2.43. The first-order valence-corrected chi connectivity index (χ1v) is 9.54. The molecule has 0 bridgehead atoms. The second-order valence-electron chi connectivity index (χ2n) is 6.54. The molecule has 168 valence electrons. The van der Waals surface area contributed by atoms with Gasteiger partial charge in [-0.05, 0) is 48.0 Å². The van der Waals surface area contributed by atoms with E-state index in [-0.39, 0.29) is 12.2 Å². The lowest BCUT2D eigenvalue weighted by Gasteiger charge is -2.18. The van der Waals surface area contributed by atoms with Crippen LogP contribution in [0.3, 0.4) is 0 Å². The van der Waals surface area contributed by atoms with E-state index in [1.165, 1.54) is 6.08 Å². The number of carbonyl (C=O) groups is 3. The second kappa shape index (κ2) is 12.2. The highest BCUT2D eigenvalue weighted by Gasteiger charge is 2.06. The molecule has 0 fully saturated rings. The molecule has 0 unspecified atom stereocenters. The van der Waals surface area contributed by atoms with Crippen molar-refractivity contribution >= 4 is 41.0 Å². The average molecular weight is 448 g/mol. The molecule has 10 heteroatoms. The first-order chi connectivity index (χ1) is 15.8. The van der Waals surface area contributed by atoms with E-state index in [9.17, 15) is 14.4 Å². The monoisotopic (exact) mass is 448 g/mol. The second-order valence-corrected chi connectivity index (χ2v) is 6.54. The van der Waals surface area contributed by atoms with Crippen LogP contribution < -0.4 is 4.90 Å². The maximum absolute atomic E-state index is 11.4. The molecule has 0 radical (unpaired) electrons. The van der Waals surface area contributed by atoms with E-state index < -0.39 is 17.9 Å². The van der Waals surface area contributed by atoms with Crippen LogP contribution in [0, 0.1) is 11.3 Å². The number of hydrogen-bond acceptors (Lipinski definition) is 8. The number of nitrogens with zero attached hydrogens (tertiary/aromatic N) is 4. The summed E-state index contributed by atoms with van der Waals surface area (Å²) in [4.78, 5) is 34.4. The summed E-state index contributed by atoms with van der Waals surface area (Å²) in [7, 11) is 1.82. The molecule has 10 nitrogen and oxygen atoms in total. The SMILES string of the molecule is CN(CCOC(=O)C=CC(=O)O)c1ccc(N=Nc2ccc(C=C(C#N)C(=O)O)cc2)cc1. The predicted octanol–water partition coefficient (Wildman–Crippen LogP) is 3.71. The Kier molecular flexibility index (Phi) is 9.03. The number of likely N-dealkylation sites (N-methyl/N-ethyl adjacent to an activating group) is 1. The van der Waals surface area contributed by atoms with Gasteiger partial charge >= 0.3 is 17.9 Å². The van der Waals surface area contributed by atoms with Crippen LogP contribution in [0.2, 0.25) is 0 Å². The summed E-state index contributed by atoms with van der Waals surface area (Å²) in [5, 5.41) is 34.4. The number of carbonyl (C=O) groups excluding carboxylic acids is 1. The molecular weight excluding hydrogens is 428 g/mol. The maximum atomic E-state index is 11.4. The molecule has 0 spiro atoms. The van der Waals surface area contributed by atoms with E-state index in [0.29, 0.717) is 29.6 Å². The van der Waals surface area contributed by atoms with Crippen molar-refractivity contribution in [2.75, 3.05) is 25.1 Å². The fourth-order valence-electron chi connectivity index (χ4n) is 2.43. The fraction of sp³-hybridized carbons (Fsp3) is 0.130. The Morgan fingerprint density at radius 1 is 1.00 bits per heavy atom. The number of carboxylic acid groups (broad SMARTS) is 2. The van der Waals surface area contributed by atoms with Gasteiger partial charge in [0.2, 0.25) is 0 Å². The lowest BCUT2D eigenvalue weighted by molar-refractivity contribution is -0.138. The highest BCUT2D eigenvalue weighted by molar-refractivity contribution is 5.96. The minimum Gasteiger partial charge on any atom is -0.478 e. The Labute approximate surface area is 189 Å². The summed E-state index contributed by atoms with van der Waals surface area (Å²) in [5.74, 6) is -3.23. The number of aliphatic carboxylic acids is 2. The van der Waals surface area contributed by atoms with Crippen LogP contribution in [0.5, 0.6) is 0 Å². The van der Waals surface area contributed by atoms with Gasteiger partial charge in [0.25, 0.3) is 0 Å². The van der Waals surface area contributed by atoms with Crippen LogP contribution >= 0.6 is 0 Å². The lowest BCUT2D eigenvalue weighted by Crippen LogP contribution is -2.23. The first-order valence-electron chi connectivity index (χ1n) is 9.54. The van der Waals surface area contributed by atoms with Crippen molar-refractivity contribution in [1.29, 1.82) is 5.26 Å². The molecule has 2 aromatic carbocycles. The zero-order valence-electron chi connectivity index (χ0n) is 17.6. The number of ether oxygens (including phenoxy) is 1. The van der Waals surface area contributed by atoms with Crippen LogP contribution in [0.15, 0.2) is 76.5 Å². The molecule has 0 heterocycles. The van der Waals surface area contributed by atoms with Gasteiger partial charge in [0.15, 0.2) is 0 Å². The smallest absolute Gasteiger partial charge is 0.346 e. The molecule has 0 atom stereocenters. The molecule has 33 heavy (non-hydrogen) atoms. The quantitative estimate of drug-likeness (QED) is 0.241. The lowest BCUT2D eigenvalue weighted by atomic mass is 10.1. The van der Waals surface area contributed by atoms with E-state index in [4.69, 9.17) is 20.2 Å². The molecule has 2 N–H and O–H groups in total. The van der Waals surface area contributed by atoms with Gasteiger partial charge in [0.1, 0.15) is 18.2 Å². The highest BCUT2D eigenvalue weighted by Crippen LogP contribution is 2.22. The number of esters is 1. The number of rotatable bonds is 10. The van der Waals surface area contributed by atoms with Crippen molar-refractivity contribution in [2.45, 2.75) is 0 Å². The van der Waals surface area contributed by atoms with E-state index in [1.54, 1.807) is 42.5 Å². The van der Waals surface area contributed by atoms with Gasteiger partial charge in [-0.1, -0.05) is 12.1 Å². The third kappa shape index (κ3) is 8.47. The Balaban J connectivity index is 1.91. The number of azo groups is 1. The molecule has 2 aromatic rings. The number of nitriles is 1. The topological polar surface area (TPSA) is 153 Å². The van der Waals surface area contributed by atoms with Crippen LogP contribution in [-0.4, -0.2) is 48.3 Å². The molecule has 0 aliphatic heterocycles. The van der Waals surface area contributed by atoms with Gasteiger partial charge in [0, 0.05) is 24.9 Å². The van der Waals surface area contributed by atoms with E-state index in [1.807, 2.05) is 24.1 Å². The van der Waals surface area contributed by atoms with Crippen molar-refractivity contribution in [1.82, 2.24) is 0 Å². The highest BCUT2D eigenvalue weighted by atomic mass is 16.5. The van der Waals surface area contributed by atoms with Crippen molar-refractivity contribution in [3.63, 3.8) is 0 Å². The third-order valence-electron chi connectivity index (χ3n) is 4.16. The summed E-state index contributed by atoms with van der Waals surface area (Å²) in [6.45, 7) is 0.498. The zero-order valence-corrected chi connectivity index (χ0v) is 17.6. The van der Waals surface area contributed by atoms with Crippen LogP contribution in [0.1, 0.15) is 5.56 Å². The van der Waals surface area contributed by atoms with Gasteiger partial charge < -0.3 is 19.8 Å². The summed E-state index contributed by atoms with van der Waals surface area (Å²) in [5.41, 5.74) is 2.22. The van der Waals surface area contributed by atoms with Gasteiger partial charge in [-0.3, -0.25) is 0 Å². The van der Waals surface area contributed by atoms with Crippen molar-refractivity contribution in [2.24, 2.45) is 10.2 Å². The van der Waals surface area contributed by atoms with E-state index in [2.05, 4.69) is 10.2 Å². The van der Waals surface area contributed by atoms with Crippen LogP contribution in [-0.2, 0) is 19.1 Å². The van der Waals surface area contributed by atoms with E-state index >= 15 is 0 Å². The van der Waals surface area contributed by atoms with Crippen LogP contribution in [0.25, 0.3) is 6.08 Å². The van der Waals surface area contributed by atoms with Crippen molar-refractivity contribution in [3.8, 4) is 6.07 Å². The maximum Gasteiger partial charge on any atom is 0.346 e. The van der Waals surface area contributed by atoms with Crippen LogP contribution in [0.4, 0.5) is 17.1 Å². The van der Waals surface area contributed by atoms with Gasteiger partial charge in [0.05, 0.1) is 17.9 Å². The number of carboxylic acids is 2. The average Bonchev–Trinajstić information content (AvgIpc) is 2.80. The molecule has 0 saturated heterocycles. The van der Waals surface area contributed by atoms with E-state index in [0.717, 1.165) is 11.8 Å².